The third kappa shape index (κ3) is 7.12. The monoisotopic (exact) mass is 505 g/mol. The molecule has 3 aromatic rings. The zero-order valence-corrected chi connectivity index (χ0v) is 22.1. The van der Waals surface area contributed by atoms with E-state index in [-0.39, 0.29) is 30.5 Å². The summed E-state index contributed by atoms with van der Waals surface area (Å²) in [5.74, 6) is -0.656. The van der Waals surface area contributed by atoms with Crippen LogP contribution in [0.15, 0.2) is 60.7 Å². The summed E-state index contributed by atoms with van der Waals surface area (Å²) in [4.78, 5) is 16.6. The van der Waals surface area contributed by atoms with Crippen LogP contribution in [-0.2, 0) is 9.53 Å². The highest BCUT2D eigenvalue weighted by Crippen LogP contribution is 2.42. The third-order valence-corrected chi connectivity index (χ3v) is 6.21. The summed E-state index contributed by atoms with van der Waals surface area (Å²) in [5, 5.41) is 20.8. The van der Waals surface area contributed by atoms with E-state index in [0.717, 1.165) is 39.2 Å². The SMILES string of the molecule is COC(=O)CC(O)CC(O)/C=C/c1c(C(C)C)nc(C(C)C)c(-c2ccccc2)c1-c1ccc(F)cc1. The zero-order valence-electron chi connectivity index (χ0n) is 22.1. The molecule has 2 unspecified atom stereocenters. The van der Waals surface area contributed by atoms with Crippen molar-refractivity contribution in [1.29, 1.82) is 0 Å². The fraction of sp³-hybridized carbons (Fsp3) is 0.355. The highest BCUT2D eigenvalue weighted by atomic mass is 19.1. The number of carbonyl (C=O) groups is 1. The fourth-order valence-corrected chi connectivity index (χ4v) is 4.40. The lowest BCUT2D eigenvalue weighted by Gasteiger charge is -2.24. The lowest BCUT2D eigenvalue weighted by Crippen LogP contribution is -2.20. The minimum atomic E-state index is -1.03. The van der Waals surface area contributed by atoms with Crippen LogP contribution < -0.4 is 0 Å². The van der Waals surface area contributed by atoms with Gasteiger partial charge in [-0.3, -0.25) is 9.78 Å². The van der Waals surface area contributed by atoms with Gasteiger partial charge in [-0.15, -0.1) is 0 Å². The number of benzene rings is 2. The fourth-order valence-electron chi connectivity index (χ4n) is 4.40. The van der Waals surface area contributed by atoms with E-state index in [2.05, 4.69) is 32.4 Å². The molecule has 2 aromatic carbocycles. The van der Waals surface area contributed by atoms with Gasteiger partial charge < -0.3 is 14.9 Å². The normalized spacial score (nSPS) is 13.4. The summed E-state index contributed by atoms with van der Waals surface area (Å²) in [6, 6.07) is 16.4. The van der Waals surface area contributed by atoms with Crippen molar-refractivity contribution in [2.24, 2.45) is 0 Å². The van der Waals surface area contributed by atoms with Crippen molar-refractivity contribution in [3.63, 3.8) is 0 Å². The Balaban J connectivity index is 2.24. The van der Waals surface area contributed by atoms with Crippen LogP contribution in [0.3, 0.4) is 0 Å². The number of esters is 1. The quantitative estimate of drug-likeness (QED) is 0.308. The van der Waals surface area contributed by atoms with Crippen LogP contribution in [0.5, 0.6) is 0 Å². The molecule has 0 fully saturated rings. The Morgan fingerprint density at radius 1 is 0.919 bits per heavy atom. The predicted octanol–water partition coefficient (Wildman–Crippen LogP) is 6.49. The molecule has 0 aliphatic rings. The maximum Gasteiger partial charge on any atom is 0.308 e. The molecule has 0 saturated carbocycles. The lowest BCUT2D eigenvalue weighted by molar-refractivity contribution is -0.143. The number of aliphatic hydroxyl groups excluding tert-OH is 2. The van der Waals surface area contributed by atoms with Gasteiger partial charge in [0.15, 0.2) is 0 Å². The van der Waals surface area contributed by atoms with E-state index in [1.807, 2.05) is 36.4 Å². The number of rotatable bonds is 10. The minimum Gasteiger partial charge on any atom is -0.469 e. The minimum absolute atomic E-state index is 0.0163. The molecule has 0 saturated heterocycles. The van der Waals surface area contributed by atoms with Crippen LogP contribution in [0, 0.1) is 5.82 Å². The van der Waals surface area contributed by atoms with Crippen LogP contribution >= 0.6 is 0 Å². The number of methoxy groups -OCH3 is 1. The first-order valence-corrected chi connectivity index (χ1v) is 12.6. The van der Waals surface area contributed by atoms with Gasteiger partial charge in [0, 0.05) is 23.1 Å². The van der Waals surface area contributed by atoms with E-state index in [4.69, 9.17) is 4.98 Å². The third-order valence-electron chi connectivity index (χ3n) is 6.21. The summed E-state index contributed by atoms with van der Waals surface area (Å²) in [6.45, 7) is 8.35. The van der Waals surface area contributed by atoms with Gasteiger partial charge in [-0.2, -0.15) is 0 Å². The Morgan fingerprint density at radius 2 is 1.51 bits per heavy atom. The number of ether oxygens (including phenoxy) is 1. The summed E-state index contributed by atoms with van der Waals surface area (Å²) in [6.07, 6.45) is 1.20. The van der Waals surface area contributed by atoms with Gasteiger partial charge in [-0.1, -0.05) is 82.3 Å². The smallest absolute Gasteiger partial charge is 0.308 e. The van der Waals surface area contributed by atoms with Crippen molar-refractivity contribution < 1.29 is 24.1 Å². The zero-order chi connectivity index (χ0) is 27.1. The molecule has 2 N–H and O–H groups in total. The van der Waals surface area contributed by atoms with Crippen molar-refractivity contribution in [3.8, 4) is 22.3 Å². The number of hydrogen-bond acceptors (Lipinski definition) is 5. The molecule has 0 bridgehead atoms. The van der Waals surface area contributed by atoms with Crippen LogP contribution in [0.4, 0.5) is 4.39 Å². The molecule has 0 aliphatic heterocycles. The molecule has 1 aromatic heterocycles. The summed E-state index contributed by atoms with van der Waals surface area (Å²) >= 11 is 0. The van der Waals surface area contributed by atoms with Crippen LogP contribution in [0.1, 0.15) is 69.3 Å². The van der Waals surface area contributed by atoms with Gasteiger partial charge in [0.1, 0.15) is 5.82 Å². The van der Waals surface area contributed by atoms with Gasteiger partial charge >= 0.3 is 5.97 Å². The number of hydrogen-bond donors (Lipinski definition) is 2. The second-order valence-corrected chi connectivity index (χ2v) is 9.82. The first kappa shape index (κ1) is 28.2. The van der Waals surface area contributed by atoms with E-state index < -0.39 is 18.2 Å². The molecule has 0 radical (unpaired) electrons. The number of carbonyl (C=O) groups excluding carboxylic acids is 1. The van der Waals surface area contributed by atoms with Crippen LogP contribution in [-0.4, -0.2) is 40.5 Å². The van der Waals surface area contributed by atoms with E-state index in [0.29, 0.717) is 0 Å². The Hall–Kier alpha value is -3.35. The molecule has 1 heterocycles. The van der Waals surface area contributed by atoms with Gasteiger partial charge in [-0.25, -0.2) is 4.39 Å². The Labute approximate surface area is 218 Å². The first-order chi connectivity index (χ1) is 17.6. The van der Waals surface area contributed by atoms with Crippen molar-refractivity contribution in [3.05, 3.63) is 83.4 Å². The number of nitrogens with zero attached hydrogens (tertiary/aromatic N) is 1. The van der Waals surface area contributed by atoms with E-state index in [1.54, 1.807) is 18.2 Å². The van der Waals surface area contributed by atoms with Gasteiger partial charge in [0.2, 0.25) is 0 Å². The summed E-state index contributed by atoms with van der Waals surface area (Å²) < 4.78 is 18.5. The number of aliphatic hydroxyl groups is 2. The molecule has 0 aliphatic carbocycles. The van der Waals surface area contributed by atoms with Gasteiger partial charge in [-0.05, 0) is 35.1 Å². The van der Waals surface area contributed by atoms with Crippen molar-refractivity contribution in [2.45, 2.75) is 64.6 Å². The molecule has 5 nitrogen and oxygen atoms in total. The Morgan fingerprint density at radius 3 is 2.08 bits per heavy atom. The van der Waals surface area contributed by atoms with Gasteiger partial charge in [0.05, 0.1) is 37.1 Å². The summed E-state index contributed by atoms with van der Waals surface area (Å²) in [7, 11) is 1.26. The first-order valence-electron chi connectivity index (χ1n) is 12.6. The maximum absolute atomic E-state index is 13.9. The van der Waals surface area contributed by atoms with Crippen molar-refractivity contribution in [2.75, 3.05) is 7.11 Å². The molecule has 37 heavy (non-hydrogen) atoms. The largest absolute Gasteiger partial charge is 0.469 e. The maximum atomic E-state index is 13.9. The topological polar surface area (TPSA) is 79.7 Å². The van der Waals surface area contributed by atoms with E-state index in [9.17, 15) is 19.4 Å². The van der Waals surface area contributed by atoms with Crippen molar-refractivity contribution >= 4 is 12.0 Å². The second-order valence-electron chi connectivity index (χ2n) is 9.82. The second kappa shape index (κ2) is 12.7. The van der Waals surface area contributed by atoms with E-state index in [1.165, 1.54) is 19.2 Å². The van der Waals surface area contributed by atoms with Gasteiger partial charge in [0.25, 0.3) is 0 Å². The van der Waals surface area contributed by atoms with Crippen molar-refractivity contribution in [1.82, 2.24) is 4.98 Å². The number of halogens is 1. The highest BCUT2D eigenvalue weighted by Gasteiger charge is 2.24. The molecule has 0 spiro atoms. The number of aromatic nitrogens is 1. The molecule has 196 valence electrons. The van der Waals surface area contributed by atoms with E-state index >= 15 is 0 Å². The standard InChI is InChI=1S/C31H36FNO4/c1-19(2)30-26(16-15-24(34)17-25(35)18-27(36)37-5)28(22-11-13-23(32)14-12-22)29(31(33-30)20(3)4)21-9-7-6-8-10-21/h6-16,19-20,24-25,34-35H,17-18H2,1-5H3/b16-15+. The molecule has 6 heteroatoms. The summed E-state index contributed by atoms with van der Waals surface area (Å²) in [5.41, 5.74) is 6.34. The predicted molar refractivity (Wildman–Crippen MR) is 146 cm³/mol. The molecule has 3 rings (SSSR count). The lowest BCUT2D eigenvalue weighted by atomic mass is 9.84. The number of pyridine rings is 1. The van der Waals surface area contributed by atoms with Crippen LogP contribution in [0.25, 0.3) is 28.3 Å². The Bertz CT molecular complexity index is 1220. The molecule has 0 amide bonds. The molecular weight excluding hydrogens is 469 g/mol. The Kier molecular flexibility index (Phi) is 9.73. The average molecular weight is 506 g/mol. The molecular formula is C31H36FNO4. The molecule has 2 atom stereocenters. The van der Waals surface area contributed by atoms with Crippen LogP contribution in [0.2, 0.25) is 0 Å². The average Bonchev–Trinajstić information content (AvgIpc) is 2.87. The highest BCUT2D eigenvalue weighted by molar-refractivity contribution is 5.91.